The van der Waals surface area contributed by atoms with E-state index in [0.29, 0.717) is 6.61 Å². The molecule has 0 aromatic rings. The predicted octanol–water partition coefficient (Wildman–Crippen LogP) is 0.345. The fraction of sp³-hybridized carbons (Fsp3) is 0.800. The normalized spacial score (nSPS) is 17.4. The highest BCUT2D eigenvalue weighted by molar-refractivity contribution is 5.77. The van der Waals surface area contributed by atoms with Gasteiger partial charge in [-0.2, -0.15) is 5.43 Å². The number of hydrogen-bond acceptors (Lipinski definition) is 2. The Morgan fingerprint density at radius 2 is 2.62 bits per heavy atom. The van der Waals surface area contributed by atoms with Gasteiger partial charge in [-0.3, -0.25) is 0 Å². The minimum Gasteiger partial charge on any atom is -0.480 e. The van der Waals surface area contributed by atoms with E-state index in [-0.39, 0.29) is 0 Å². The van der Waals surface area contributed by atoms with E-state index in [1.807, 2.05) is 6.92 Å². The van der Waals surface area contributed by atoms with E-state index < -0.39 is 0 Å². The molecule has 0 saturated heterocycles. The molecule has 1 rings (SSSR count). The molecule has 0 spiro atoms. The first-order valence-electron chi connectivity index (χ1n) is 2.79. The molecule has 0 N–H and O–H groups in total. The molecule has 1 aliphatic rings. The Balaban J connectivity index is 2.23. The summed E-state index contributed by atoms with van der Waals surface area (Å²) in [5, 5.41) is 3.74. The maximum atomic E-state index is 5.06. The second-order valence-corrected chi connectivity index (χ2v) is 1.54. The zero-order valence-electron chi connectivity index (χ0n) is 4.92. The molecule has 1 heterocycles. The van der Waals surface area contributed by atoms with Gasteiger partial charge in [0.05, 0.1) is 13.2 Å². The molecular weight excluding hydrogens is 104 g/mol. The first kappa shape index (κ1) is 5.41. The van der Waals surface area contributed by atoms with Gasteiger partial charge < -0.3 is 4.74 Å². The van der Waals surface area contributed by atoms with Gasteiger partial charge in [0.25, 0.3) is 0 Å². The topological polar surface area (TPSA) is 35.7 Å². The summed E-state index contributed by atoms with van der Waals surface area (Å²) in [5.41, 5.74) is 3.75. The molecule has 1 radical (unpaired) electrons. The van der Waals surface area contributed by atoms with Gasteiger partial charge in [-0.1, -0.05) is 0 Å². The summed E-state index contributed by atoms with van der Waals surface area (Å²) >= 11 is 0. The molecule has 0 bridgehead atoms. The van der Waals surface area contributed by atoms with Crippen molar-refractivity contribution in [3.8, 4) is 0 Å². The van der Waals surface area contributed by atoms with Crippen LogP contribution in [0.3, 0.4) is 0 Å². The second kappa shape index (κ2) is 2.55. The maximum absolute atomic E-state index is 5.06. The summed E-state index contributed by atoms with van der Waals surface area (Å²) in [6, 6.07) is 0. The zero-order chi connectivity index (χ0) is 5.82. The molecule has 0 saturated carbocycles. The minimum absolute atomic E-state index is 0.703. The second-order valence-electron chi connectivity index (χ2n) is 1.54. The molecule has 0 amide bonds. The van der Waals surface area contributed by atoms with Gasteiger partial charge in [0, 0.05) is 6.42 Å². The zero-order valence-corrected chi connectivity index (χ0v) is 4.92. The number of rotatable bonds is 1. The Morgan fingerprint density at radius 1 is 1.75 bits per heavy atom. The molecule has 8 heavy (non-hydrogen) atoms. The van der Waals surface area contributed by atoms with Crippen LogP contribution in [-0.2, 0) is 4.74 Å². The summed E-state index contributed by atoms with van der Waals surface area (Å²) in [5.74, 6) is 0.785. The lowest BCUT2D eigenvalue weighted by atomic mass is 10.4. The van der Waals surface area contributed by atoms with Crippen molar-refractivity contribution in [3.05, 3.63) is 0 Å². The molecule has 0 atom stereocenters. The van der Waals surface area contributed by atoms with Crippen molar-refractivity contribution in [1.29, 1.82) is 0 Å². The molecule has 0 aromatic heterocycles. The summed E-state index contributed by atoms with van der Waals surface area (Å²) < 4.78 is 5.06. The van der Waals surface area contributed by atoms with Gasteiger partial charge in [-0.05, 0) is 6.92 Å². The Bertz CT molecular complexity index is 101. The van der Waals surface area contributed by atoms with Gasteiger partial charge in [0.2, 0.25) is 5.90 Å². The van der Waals surface area contributed by atoms with E-state index >= 15 is 0 Å². The van der Waals surface area contributed by atoms with Crippen molar-refractivity contribution in [1.82, 2.24) is 5.43 Å². The highest BCUT2D eigenvalue weighted by Gasteiger charge is 2.05. The van der Waals surface area contributed by atoms with Crippen molar-refractivity contribution in [2.24, 2.45) is 5.10 Å². The first-order chi connectivity index (χ1) is 3.93. The summed E-state index contributed by atoms with van der Waals surface area (Å²) in [4.78, 5) is 0. The van der Waals surface area contributed by atoms with Crippen LogP contribution in [0.5, 0.6) is 0 Å². The van der Waals surface area contributed by atoms with Gasteiger partial charge in [-0.25, -0.2) is 0 Å². The Kier molecular flexibility index (Phi) is 1.72. The lowest BCUT2D eigenvalue weighted by Gasteiger charge is -1.95. The van der Waals surface area contributed by atoms with Crippen LogP contribution in [0.1, 0.15) is 13.3 Å². The predicted molar refractivity (Wildman–Crippen MR) is 30.7 cm³/mol. The molecule has 0 fully saturated rings. The van der Waals surface area contributed by atoms with E-state index in [1.165, 1.54) is 0 Å². The van der Waals surface area contributed by atoms with E-state index in [9.17, 15) is 0 Å². The van der Waals surface area contributed by atoms with E-state index in [0.717, 1.165) is 18.9 Å². The largest absolute Gasteiger partial charge is 0.480 e. The van der Waals surface area contributed by atoms with Gasteiger partial charge in [0.15, 0.2) is 0 Å². The SMILES string of the molecule is CCOC1=N[N]CC1. The number of nitrogens with zero attached hydrogens (tertiary/aromatic N) is 2. The van der Waals surface area contributed by atoms with Crippen molar-refractivity contribution < 1.29 is 4.74 Å². The maximum Gasteiger partial charge on any atom is 0.209 e. The number of ether oxygens (including phenoxy) is 1. The number of hydrogen-bond donors (Lipinski definition) is 0. The van der Waals surface area contributed by atoms with Crippen molar-refractivity contribution in [3.63, 3.8) is 0 Å². The average Bonchev–Trinajstić information content (AvgIpc) is 2.19. The smallest absolute Gasteiger partial charge is 0.209 e. The van der Waals surface area contributed by atoms with Crippen LogP contribution in [0, 0.1) is 0 Å². The Morgan fingerprint density at radius 3 is 3.12 bits per heavy atom. The molecule has 45 valence electrons. The van der Waals surface area contributed by atoms with Crippen LogP contribution in [0.25, 0.3) is 0 Å². The highest BCUT2D eigenvalue weighted by atomic mass is 16.5. The third-order valence-corrected chi connectivity index (χ3v) is 0.919. The Labute approximate surface area is 48.7 Å². The van der Waals surface area contributed by atoms with Gasteiger partial charge in [-0.15, -0.1) is 5.10 Å². The van der Waals surface area contributed by atoms with Crippen molar-refractivity contribution >= 4 is 5.90 Å². The highest BCUT2D eigenvalue weighted by Crippen LogP contribution is 1.95. The van der Waals surface area contributed by atoms with Crippen LogP contribution < -0.4 is 5.43 Å². The standard InChI is InChI=1S/C5H9N2O/c1-2-8-5-3-4-6-7-5/h2-4H2,1H3. The summed E-state index contributed by atoms with van der Waals surface area (Å²) in [6.45, 7) is 3.45. The van der Waals surface area contributed by atoms with Crippen LogP contribution in [-0.4, -0.2) is 19.0 Å². The average molecular weight is 113 g/mol. The fourth-order valence-corrected chi connectivity index (χ4v) is 0.592. The molecule has 0 unspecified atom stereocenters. The summed E-state index contributed by atoms with van der Waals surface area (Å²) in [7, 11) is 0. The van der Waals surface area contributed by atoms with Gasteiger partial charge in [0.1, 0.15) is 0 Å². The van der Waals surface area contributed by atoms with E-state index in [2.05, 4.69) is 10.5 Å². The fourth-order valence-electron chi connectivity index (χ4n) is 0.592. The quantitative estimate of drug-likeness (QED) is 0.483. The third-order valence-electron chi connectivity index (χ3n) is 0.919. The van der Waals surface area contributed by atoms with E-state index in [1.54, 1.807) is 0 Å². The van der Waals surface area contributed by atoms with Crippen molar-refractivity contribution in [2.75, 3.05) is 13.2 Å². The molecule has 0 aromatic carbocycles. The minimum atomic E-state index is 0.703. The van der Waals surface area contributed by atoms with E-state index in [4.69, 9.17) is 4.74 Å². The monoisotopic (exact) mass is 113 g/mol. The van der Waals surface area contributed by atoms with Crippen LogP contribution >= 0.6 is 0 Å². The molecule has 3 nitrogen and oxygen atoms in total. The molecule has 3 heteroatoms. The lowest BCUT2D eigenvalue weighted by Crippen LogP contribution is -1.99. The van der Waals surface area contributed by atoms with Gasteiger partial charge >= 0.3 is 0 Å². The molecular formula is C5H9N2O. The first-order valence-corrected chi connectivity index (χ1v) is 2.79. The van der Waals surface area contributed by atoms with Crippen LogP contribution in [0.4, 0.5) is 0 Å². The molecule has 0 aliphatic carbocycles. The van der Waals surface area contributed by atoms with Crippen LogP contribution in [0.2, 0.25) is 0 Å². The summed E-state index contributed by atoms with van der Waals surface area (Å²) in [6.07, 6.45) is 0.883. The van der Waals surface area contributed by atoms with Crippen LogP contribution in [0.15, 0.2) is 5.10 Å². The molecule has 1 aliphatic heterocycles. The lowest BCUT2D eigenvalue weighted by molar-refractivity contribution is 0.321. The van der Waals surface area contributed by atoms with Crippen molar-refractivity contribution in [2.45, 2.75) is 13.3 Å². The Hall–Kier alpha value is -0.730. The third kappa shape index (κ3) is 1.12.